The minimum Gasteiger partial charge on any atom is -0.481 e. The summed E-state index contributed by atoms with van der Waals surface area (Å²) in [6.45, 7) is 6.89. The highest BCUT2D eigenvalue weighted by Gasteiger charge is 2.19. The molecule has 1 unspecified atom stereocenters. The molecule has 5 nitrogen and oxygen atoms in total. The van der Waals surface area contributed by atoms with Crippen LogP contribution in [0.1, 0.15) is 46.5 Å². The lowest BCUT2D eigenvalue weighted by atomic mass is 10.2. The summed E-state index contributed by atoms with van der Waals surface area (Å²) in [5.41, 5.74) is 0. The van der Waals surface area contributed by atoms with Crippen LogP contribution in [0.3, 0.4) is 0 Å². The van der Waals surface area contributed by atoms with E-state index in [1.165, 1.54) is 0 Å². The normalized spacial score (nSPS) is 11.9. The van der Waals surface area contributed by atoms with Crippen LogP contribution in [-0.4, -0.2) is 41.1 Å². The highest BCUT2D eigenvalue weighted by molar-refractivity contribution is 5.75. The largest absolute Gasteiger partial charge is 0.481 e. The van der Waals surface area contributed by atoms with Crippen LogP contribution < -0.4 is 5.32 Å². The number of carbonyl (C=O) groups is 2. The molecule has 100 valence electrons. The third-order valence-electron chi connectivity index (χ3n) is 2.66. The molecule has 0 fully saturated rings. The number of rotatable bonds is 8. The Morgan fingerprint density at radius 1 is 1.29 bits per heavy atom. The molecule has 0 aromatic heterocycles. The van der Waals surface area contributed by atoms with Crippen LogP contribution in [0.25, 0.3) is 0 Å². The first-order chi connectivity index (χ1) is 8.02. The average molecular weight is 244 g/mol. The summed E-state index contributed by atoms with van der Waals surface area (Å²) in [5.74, 6) is -0.880. The van der Waals surface area contributed by atoms with Gasteiger partial charge in [0.1, 0.15) is 0 Å². The first kappa shape index (κ1) is 15.7. The zero-order chi connectivity index (χ0) is 13.3. The molecule has 5 heteroatoms. The Morgan fingerprint density at radius 3 is 2.41 bits per heavy atom. The molecule has 0 heterocycles. The number of carboxylic acid groups (broad SMARTS) is 1. The molecule has 0 aliphatic heterocycles. The molecule has 0 aliphatic carbocycles. The van der Waals surface area contributed by atoms with Crippen LogP contribution in [0, 0.1) is 0 Å². The summed E-state index contributed by atoms with van der Waals surface area (Å²) >= 11 is 0. The van der Waals surface area contributed by atoms with Crippen LogP contribution in [0.4, 0.5) is 4.79 Å². The third kappa shape index (κ3) is 6.81. The van der Waals surface area contributed by atoms with E-state index in [9.17, 15) is 9.59 Å². The Bertz CT molecular complexity index is 244. The summed E-state index contributed by atoms with van der Waals surface area (Å²) < 4.78 is 0. The van der Waals surface area contributed by atoms with E-state index in [0.717, 1.165) is 19.3 Å². The third-order valence-corrected chi connectivity index (χ3v) is 2.66. The molecule has 0 aromatic carbocycles. The van der Waals surface area contributed by atoms with Gasteiger partial charge in [0.15, 0.2) is 0 Å². The van der Waals surface area contributed by atoms with Gasteiger partial charge in [-0.1, -0.05) is 19.8 Å². The number of aliphatic carboxylic acids is 1. The summed E-state index contributed by atoms with van der Waals surface area (Å²) in [4.78, 5) is 23.9. The van der Waals surface area contributed by atoms with Crippen molar-refractivity contribution in [3.63, 3.8) is 0 Å². The van der Waals surface area contributed by atoms with Gasteiger partial charge in [0.25, 0.3) is 0 Å². The number of carbonyl (C=O) groups excluding carboxylic acids is 1. The quantitative estimate of drug-likeness (QED) is 0.642. The van der Waals surface area contributed by atoms with Crippen molar-refractivity contribution >= 4 is 12.0 Å². The fraction of sp³-hybridized carbons (Fsp3) is 0.833. The smallest absolute Gasteiger partial charge is 0.317 e. The number of urea groups is 1. The van der Waals surface area contributed by atoms with Gasteiger partial charge >= 0.3 is 12.0 Å². The van der Waals surface area contributed by atoms with Crippen LogP contribution >= 0.6 is 0 Å². The Hall–Kier alpha value is -1.26. The summed E-state index contributed by atoms with van der Waals surface area (Å²) in [6, 6.07) is -0.443. The van der Waals surface area contributed by atoms with E-state index in [2.05, 4.69) is 12.2 Å². The van der Waals surface area contributed by atoms with Gasteiger partial charge in [-0.15, -0.1) is 0 Å². The lowest BCUT2D eigenvalue weighted by Gasteiger charge is -2.27. The standard InChI is InChI=1S/C12H24N2O3/c1-4-6-7-8-13-12(17)14(5-2)10(3)9-11(15)16/h10H,4-9H2,1-3H3,(H,13,17)(H,15,16). The van der Waals surface area contributed by atoms with Crippen LogP contribution in [0.15, 0.2) is 0 Å². The van der Waals surface area contributed by atoms with Crippen molar-refractivity contribution < 1.29 is 14.7 Å². The fourth-order valence-corrected chi connectivity index (χ4v) is 1.69. The van der Waals surface area contributed by atoms with Crippen molar-refractivity contribution in [2.24, 2.45) is 0 Å². The second-order valence-electron chi connectivity index (χ2n) is 4.17. The topological polar surface area (TPSA) is 69.6 Å². The van der Waals surface area contributed by atoms with Gasteiger partial charge in [0.2, 0.25) is 0 Å². The van der Waals surface area contributed by atoms with E-state index in [1.54, 1.807) is 11.8 Å². The SMILES string of the molecule is CCCCCNC(=O)N(CC)C(C)CC(=O)O. The lowest BCUT2D eigenvalue weighted by molar-refractivity contribution is -0.138. The molecule has 1 atom stereocenters. The maximum absolute atomic E-state index is 11.8. The molecule has 2 amide bonds. The Morgan fingerprint density at radius 2 is 1.94 bits per heavy atom. The monoisotopic (exact) mass is 244 g/mol. The van der Waals surface area contributed by atoms with Gasteiger partial charge in [0.05, 0.1) is 6.42 Å². The van der Waals surface area contributed by atoms with Crippen molar-refractivity contribution in [1.82, 2.24) is 10.2 Å². The number of nitrogens with one attached hydrogen (secondary N) is 1. The number of carboxylic acids is 1. The molecule has 0 saturated carbocycles. The van der Waals surface area contributed by atoms with Crippen LogP contribution in [0.2, 0.25) is 0 Å². The zero-order valence-electron chi connectivity index (χ0n) is 11.0. The second kappa shape index (κ2) is 8.84. The molecular weight excluding hydrogens is 220 g/mol. The van der Waals surface area contributed by atoms with E-state index >= 15 is 0 Å². The number of hydrogen-bond donors (Lipinski definition) is 2. The van der Waals surface area contributed by atoms with Gasteiger partial charge in [-0.05, 0) is 20.3 Å². The van der Waals surface area contributed by atoms with Gasteiger partial charge in [-0.25, -0.2) is 4.79 Å². The Labute approximate surface area is 103 Å². The first-order valence-corrected chi connectivity index (χ1v) is 6.29. The van der Waals surface area contributed by atoms with E-state index in [1.807, 2.05) is 6.92 Å². The fourth-order valence-electron chi connectivity index (χ4n) is 1.69. The summed E-state index contributed by atoms with van der Waals surface area (Å²) in [5, 5.41) is 11.5. The van der Waals surface area contributed by atoms with E-state index in [0.29, 0.717) is 13.1 Å². The van der Waals surface area contributed by atoms with Crippen molar-refractivity contribution in [3.8, 4) is 0 Å². The van der Waals surface area contributed by atoms with Crippen LogP contribution in [-0.2, 0) is 4.79 Å². The molecule has 0 saturated heterocycles. The molecule has 0 bridgehead atoms. The average Bonchev–Trinajstić information content (AvgIpc) is 2.24. The molecule has 0 radical (unpaired) electrons. The Balaban J connectivity index is 4.06. The summed E-state index contributed by atoms with van der Waals surface area (Å²) in [7, 11) is 0. The van der Waals surface area contributed by atoms with E-state index in [4.69, 9.17) is 5.11 Å². The number of nitrogens with zero attached hydrogens (tertiary/aromatic N) is 1. The minimum atomic E-state index is -0.880. The van der Waals surface area contributed by atoms with Gasteiger partial charge in [-0.3, -0.25) is 4.79 Å². The molecule has 0 spiro atoms. The molecule has 0 rings (SSSR count). The number of amides is 2. The molecule has 0 aromatic rings. The van der Waals surface area contributed by atoms with Crippen molar-refractivity contribution in [1.29, 1.82) is 0 Å². The predicted octanol–water partition coefficient (Wildman–Crippen LogP) is 2.07. The zero-order valence-corrected chi connectivity index (χ0v) is 11.0. The lowest BCUT2D eigenvalue weighted by Crippen LogP contribution is -2.45. The van der Waals surface area contributed by atoms with Crippen molar-refractivity contribution in [2.45, 2.75) is 52.5 Å². The molecule has 17 heavy (non-hydrogen) atoms. The number of hydrogen-bond acceptors (Lipinski definition) is 2. The van der Waals surface area contributed by atoms with E-state index in [-0.39, 0.29) is 18.5 Å². The first-order valence-electron chi connectivity index (χ1n) is 6.29. The maximum atomic E-state index is 11.8. The molecular formula is C12H24N2O3. The van der Waals surface area contributed by atoms with Gasteiger partial charge in [-0.2, -0.15) is 0 Å². The number of unbranched alkanes of at least 4 members (excludes halogenated alkanes) is 2. The maximum Gasteiger partial charge on any atom is 0.317 e. The van der Waals surface area contributed by atoms with Gasteiger partial charge in [0, 0.05) is 19.1 Å². The second-order valence-corrected chi connectivity index (χ2v) is 4.17. The summed E-state index contributed by atoms with van der Waals surface area (Å²) in [6.07, 6.45) is 3.16. The molecule has 0 aliphatic rings. The predicted molar refractivity (Wildman–Crippen MR) is 67.0 cm³/mol. The minimum absolute atomic E-state index is 0.0176. The highest BCUT2D eigenvalue weighted by Crippen LogP contribution is 2.04. The molecule has 2 N–H and O–H groups in total. The van der Waals surface area contributed by atoms with Crippen LogP contribution in [0.5, 0.6) is 0 Å². The van der Waals surface area contributed by atoms with E-state index < -0.39 is 5.97 Å². The highest BCUT2D eigenvalue weighted by atomic mass is 16.4. The Kier molecular flexibility index (Phi) is 8.19. The van der Waals surface area contributed by atoms with Gasteiger partial charge < -0.3 is 15.3 Å². The van der Waals surface area contributed by atoms with Crippen molar-refractivity contribution in [3.05, 3.63) is 0 Å². The van der Waals surface area contributed by atoms with Crippen molar-refractivity contribution in [2.75, 3.05) is 13.1 Å².